The Labute approximate surface area is 126 Å². The molecule has 5 nitrogen and oxygen atoms in total. The predicted molar refractivity (Wildman–Crippen MR) is 75.4 cm³/mol. The zero-order valence-electron chi connectivity index (χ0n) is 10.5. The number of carbonyl (C=O) groups is 1. The second-order valence-corrected chi connectivity index (χ2v) is 8.05. The number of hydrogen-bond donors (Lipinski definition) is 0. The van der Waals surface area contributed by atoms with E-state index in [1.807, 2.05) is 0 Å². The molecule has 0 fully saturated rings. The number of methoxy groups -OCH3 is 1. The number of carbonyl (C=O) groups excluding carboxylic acids is 1. The molecule has 0 radical (unpaired) electrons. The van der Waals surface area contributed by atoms with Gasteiger partial charge in [0.05, 0.1) is 11.4 Å². The van der Waals surface area contributed by atoms with Crippen LogP contribution in [0, 0.1) is 0 Å². The van der Waals surface area contributed by atoms with Crippen molar-refractivity contribution in [2.45, 2.75) is 24.8 Å². The number of ether oxygens (including phenoxy) is 1. The molecule has 0 saturated carbocycles. The third-order valence-corrected chi connectivity index (χ3v) is 6.08. The molecule has 0 aliphatic heterocycles. The molecule has 0 bridgehead atoms. The van der Waals surface area contributed by atoms with Crippen molar-refractivity contribution in [3.63, 3.8) is 0 Å². The van der Waals surface area contributed by atoms with Crippen molar-refractivity contribution in [1.82, 2.24) is 4.31 Å². The van der Waals surface area contributed by atoms with Gasteiger partial charge >= 0.3 is 5.97 Å². The van der Waals surface area contributed by atoms with Crippen LogP contribution in [0.5, 0.6) is 0 Å². The van der Waals surface area contributed by atoms with E-state index in [0.717, 1.165) is 15.6 Å². The molecule has 0 aliphatic rings. The molecule has 1 heterocycles. The second-order valence-electron chi connectivity index (χ2n) is 3.91. The van der Waals surface area contributed by atoms with Crippen LogP contribution < -0.4 is 0 Å². The van der Waals surface area contributed by atoms with Crippen molar-refractivity contribution in [3.05, 3.63) is 14.7 Å². The Hall–Kier alpha value is -0.340. The maximum Gasteiger partial charge on any atom is 0.321 e. The monoisotopic (exact) mass is 345 g/mol. The summed E-state index contributed by atoms with van der Waals surface area (Å²) < 4.78 is 30.7. The fraction of sp³-hybridized carbons (Fsp3) is 0.500. The number of halogens is 2. The van der Waals surface area contributed by atoms with Crippen LogP contribution in [0.25, 0.3) is 0 Å². The molecule has 108 valence electrons. The lowest BCUT2D eigenvalue weighted by atomic mass is 10.4. The van der Waals surface area contributed by atoms with Crippen LogP contribution in [0.3, 0.4) is 0 Å². The molecule has 0 aliphatic carbocycles. The van der Waals surface area contributed by atoms with Crippen LogP contribution in [0.15, 0.2) is 11.0 Å². The molecule has 0 spiro atoms. The summed E-state index contributed by atoms with van der Waals surface area (Å²) in [6, 6.07) is 0.857. The van der Waals surface area contributed by atoms with E-state index in [2.05, 4.69) is 4.74 Å². The maximum atomic E-state index is 12.4. The lowest BCUT2D eigenvalue weighted by Crippen LogP contribution is -2.40. The summed E-state index contributed by atoms with van der Waals surface area (Å²) in [4.78, 5) is 11.2. The Morgan fingerprint density at radius 2 is 2.05 bits per heavy atom. The number of hydrogen-bond acceptors (Lipinski definition) is 5. The highest BCUT2D eigenvalue weighted by atomic mass is 35.5. The minimum atomic E-state index is -3.89. The predicted octanol–water partition coefficient (Wildman–Crippen LogP) is 2.63. The van der Waals surface area contributed by atoms with Crippen LogP contribution in [-0.2, 0) is 19.6 Å². The SMILES string of the molecule is COC(=O)CN(C(C)C)S(=O)(=O)c1cc(Cl)sc1Cl. The number of nitrogens with zero attached hydrogens (tertiary/aromatic N) is 1. The summed E-state index contributed by atoms with van der Waals surface area (Å²) in [6.45, 7) is 2.94. The molecule has 0 aromatic carbocycles. The van der Waals surface area contributed by atoms with Gasteiger partial charge in [-0.15, -0.1) is 11.3 Å². The molecular formula is C10H13Cl2NO4S2. The zero-order valence-corrected chi connectivity index (χ0v) is 13.7. The first-order valence-electron chi connectivity index (χ1n) is 5.23. The molecule has 0 N–H and O–H groups in total. The molecule has 9 heteroatoms. The number of sulfonamides is 1. The third kappa shape index (κ3) is 3.82. The van der Waals surface area contributed by atoms with Gasteiger partial charge in [-0.1, -0.05) is 23.2 Å². The van der Waals surface area contributed by atoms with Crippen LogP contribution in [0.4, 0.5) is 0 Å². The van der Waals surface area contributed by atoms with Crippen molar-refractivity contribution in [2.75, 3.05) is 13.7 Å². The molecule has 1 aromatic rings. The summed E-state index contributed by atoms with van der Waals surface area (Å²) in [7, 11) is -2.69. The molecular weight excluding hydrogens is 333 g/mol. The van der Waals surface area contributed by atoms with Crippen LogP contribution in [0.1, 0.15) is 13.8 Å². The third-order valence-electron chi connectivity index (χ3n) is 2.30. The van der Waals surface area contributed by atoms with Gasteiger partial charge in [0.2, 0.25) is 10.0 Å². The van der Waals surface area contributed by atoms with Gasteiger partial charge in [-0.2, -0.15) is 4.31 Å². The van der Waals surface area contributed by atoms with E-state index < -0.39 is 22.0 Å². The van der Waals surface area contributed by atoms with E-state index in [4.69, 9.17) is 23.2 Å². The van der Waals surface area contributed by atoms with Crippen molar-refractivity contribution >= 4 is 50.5 Å². The number of thiophene rings is 1. The van der Waals surface area contributed by atoms with Gasteiger partial charge in [0.1, 0.15) is 15.8 Å². The summed E-state index contributed by atoms with van der Waals surface area (Å²) in [5, 5.41) is 0. The molecule has 19 heavy (non-hydrogen) atoms. The number of rotatable bonds is 5. The summed E-state index contributed by atoms with van der Waals surface area (Å²) in [5.41, 5.74) is 0. The highest BCUT2D eigenvalue weighted by Crippen LogP contribution is 2.36. The smallest absolute Gasteiger partial charge is 0.321 e. The zero-order chi connectivity index (χ0) is 14.8. The van der Waals surface area contributed by atoms with Gasteiger partial charge in [-0.05, 0) is 19.9 Å². The Morgan fingerprint density at radius 1 is 1.47 bits per heavy atom. The van der Waals surface area contributed by atoms with Gasteiger partial charge in [0.15, 0.2) is 0 Å². The second kappa shape index (κ2) is 6.41. The minimum Gasteiger partial charge on any atom is -0.468 e. The van der Waals surface area contributed by atoms with Crippen LogP contribution in [0.2, 0.25) is 8.67 Å². The fourth-order valence-corrected chi connectivity index (χ4v) is 5.06. The number of esters is 1. The van der Waals surface area contributed by atoms with Gasteiger partial charge in [0.25, 0.3) is 0 Å². The summed E-state index contributed by atoms with van der Waals surface area (Å²) in [5.74, 6) is -0.644. The average Bonchev–Trinajstić information content (AvgIpc) is 2.65. The quantitative estimate of drug-likeness (QED) is 0.769. The lowest BCUT2D eigenvalue weighted by Gasteiger charge is -2.24. The summed E-state index contributed by atoms with van der Waals surface area (Å²) in [6.07, 6.45) is 0. The minimum absolute atomic E-state index is 0.0699. The van der Waals surface area contributed by atoms with Crippen molar-refractivity contribution in [1.29, 1.82) is 0 Å². The van der Waals surface area contributed by atoms with Gasteiger partial charge in [0, 0.05) is 6.04 Å². The molecule has 0 atom stereocenters. The Balaban J connectivity index is 3.21. The highest BCUT2D eigenvalue weighted by Gasteiger charge is 2.32. The van der Waals surface area contributed by atoms with E-state index in [9.17, 15) is 13.2 Å². The van der Waals surface area contributed by atoms with Crippen molar-refractivity contribution in [3.8, 4) is 0 Å². The Kier molecular flexibility index (Phi) is 5.64. The summed E-state index contributed by atoms with van der Waals surface area (Å²) >= 11 is 12.6. The first-order valence-corrected chi connectivity index (χ1v) is 8.25. The molecule has 0 amide bonds. The van der Waals surface area contributed by atoms with Crippen molar-refractivity contribution in [2.24, 2.45) is 0 Å². The van der Waals surface area contributed by atoms with E-state index >= 15 is 0 Å². The first-order chi connectivity index (χ1) is 8.70. The van der Waals surface area contributed by atoms with Crippen molar-refractivity contribution < 1.29 is 17.9 Å². The molecule has 0 saturated heterocycles. The van der Waals surface area contributed by atoms with Gasteiger partial charge < -0.3 is 4.74 Å². The highest BCUT2D eigenvalue weighted by molar-refractivity contribution is 7.89. The Morgan fingerprint density at radius 3 is 2.42 bits per heavy atom. The van der Waals surface area contributed by atoms with E-state index in [-0.39, 0.29) is 20.1 Å². The van der Waals surface area contributed by atoms with Gasteiger partial charge in [-0.3, -0.25) is 4.79 Å². The fourth-order valence-electron chi connectivity index (χ4n) is 1.36. The van der Waals surface area contributed by atoms with E-state index in [1.165, 1.54) is 13.2 Å². The molecule has 1 rings (SSSR count). The Bertz CT molecular complexity index is 568. The van der Waals surface area contributed by atoms with Gasteiger partial charge in [-0.25, -0.2) is 8.42 Å². The van der Waals surface area contributed by atoms with E-state index in [0.29, 0.717) is 0 Å². The molecule has 0 unspecified atom stereocenters. The van der Waals surface area contributed by atoms with Crippen LogP contribution >= 0.6 is 34.5 Å². The lowest BCUT2D eigenvalue weighted by molar-refractivity contribution is -0.141. The standard InChI is InChI=1S/C10H13Cl2NO4S2/c1-6(2)13(5-9(14)17-3)19(15,16)7-4-8(11)18-10(7)12/h4,6H,5H2,1-3H3. The largest absolute Gasteiger partial charge is 0.468 e. The topological polar surface area (TPSA) is 63.7 Å². The van der Waals surface area contributed by atoms with Crippen LogP contribution in [-0.4, -0.2) is 38.4 Å². The normalized spacial score (nSPS) is 12.2. The average molecular weight is 346 g/mol. The van der Waals surface area contributed by atoms with E-state index in [1.54, 1.807) is 13.8 Å². The molecule has 1 aromatic heterocycles. The maximum absolute atomic E-state index is 12.4. The first kappa shape index (κ1) is 16.7.